The van der Waals surface area contributed by atoms with E-state index in [1.807, 2.05) is 20.8 Å². The molecule has 0 saturated carbocycles. The second kappa shape index (κ2) is 10.7. The number of nitro groups is 1. The van der Waals surface area contributed by atoms with E-state index in [0.29, 0.717) is 35.9 Å². The average Bonchev–Trinajstić information content (AvgIpc) is 3.21. The fourth-order valence-electron chi connectivity index (χ4n) is 4.72. The minimum atomic E-state index is -0.694. The Kier molecular flexibility index (Phi) is 7.67. The Labute approximate surface area is 227 Å². The molecule has 0 aliphatic carbocycles. The number of hydrogen-bond acceptors (Lipinski definition) is 9. The Morgan fingerprint density at radius 2 is 1.72 bits per heavy atom. The van der Waals surface area contributed by atoms with Gasteiger partial charge in [-0.1, -0.05) is 0 Å². The number of non-ortho nitro benzene ring substituents is 1. The van der Waals surface area contributed by atoms with Crippen molar-refractivity contribution in [2.75, 3.05) is 29.4 Å². The Bertz CT molecular complexity index is 1250. The lowest BCUT2D eigenvalue weighted by Gasteiger charge is -2.33. The number of alkyl carbamates (subject to hydrolysis) is 1. The highest BCUT2D eigenvalue weighted by molar-refractivity contribution is 5.92. The molecule has 2 aliphatic rings. The second-order valence-electron chi connectivity index (χ2n) is 11.9. The zero-order chi connectivity index (χ0) is 28.5. The molecular formula is C27H36N6O6. The van der Waals surface area contributed by atoms with Crippen LogP contribution in [0, 0.1) is 10.1 Å². The van der Waals surface area contributed by atoms with Crippen LogP contribution in [0.4, 0.5) is 26.8 Å². The number of fused-ring (bicyclic) bond motifs is 1. The number of amides is 2. The van der Waals surface area contributed by atoms with E-state index in [2.05, 4.69) is 15.2 Å². The van der Waals surface area contributed by atoms with Gasteiger partial charge in [-0.05, 0) is 66.0 Å². The fraction of sp³-hybridized carbons (Fsp3) is 0.556. The number of rotatable bonds is 4. The third kappa shape index (κ3) is 6.92. The molecule has 0 radical (unpaired) electrons. The van der Waals surface area contributed by atoms with Gasteiger partial charge in [-0.15, -0.1) is 0 Å². The predicted molar refractivity (Wildman–Crippen MR) is 145 cm³/mol. The molecule has 39 heavy (non-hydrogen) atoms. The molecule has 2 aliphatic heterocycles. The van der Waals surface area contributed by atoms with E-state index < -0.39 is 34.2 Å². The van der Waals surface area contributed by atoms with Gasteiger partial charge in [0, 0.05) is 49.9 Å². The molecular weight excluding hydrogens is 504 g/mol. The van der Waals surface area contributed by atoms with Crippen LogP contribution in [0.25, 0.3) is 0 Å². The Morgan fingerprint density at radius 1 is 1.05 bits per heavy atom. The third-order valence-electron chi connectivity index (χ3n) is 6.40. The number of anilines is 2. The molecule has 1 saturated heterocycles. The summed E-state index contributed by atoms with van der Waals surface area (Å²) in [5.41, 5.74) is 0.477. The van der Waals surface area contributed by atoms with Gasteiger partial charge < -0.3 is 19.7 Å². The van der Waals surface area contributed by atoms with Crippen molar-refractivity contribution in [3.63, 3.8) is 0 Å². The first-order chi connectivity index (χ1) is 18.2. The molecule has 2 aromatic rings. The molecule has 12 nitrogen and oxygen atoms in total. The van der Waals surface area contributed by atoms with Gasteiger partial charge in [0.05, 0.1) is 22.5 Å². The molecule has 1 atom stereocenters. The molecule has 12 heteroatoms. The van der Waals surface area contributed by atoms with Crippen LogP contribution in [0.5, 0.6) is 0 Å². The minimum Gasteiger partial charge on any atom is -0.444 e. The van der Waals surface area contributed by atoms with Gasteiger partial charge in [-0.2, -0.15) is 0 Å². The molecule has 1 fully saturated rings. The van der Waals surface area contributed by atoms with Gasteiger partial charge in [0.2, 0.25) is 0 Å². The van der Waals surface area contributed by atoms with Gasteiger partial charge in [0.25, 0.3) is 5.69 Å². The number of nitrogens with one attached hydrogen (secondary N) is 1. The van der Waals surface area contributed by atoms with Crippen molar-refractivity contribution >= 4 is 29.4 Å². The molecule has 3 heterocycles. The van der Waals surface area contributed by atoms with Crippen LogP contribution >= 0.6 is 0 Å². The van der Waals surface area contributed by atoms with Crippen LogP contribution in [0.1, 0.15) is 71.6 Å². The van der Waals surface area contributed by atoms with E-state index in [0.717, 1.165) is 12.8 Å². The fourth-order valence-corrected chi connectivity index (χ4v) is 4.72. The van der Waals surface area contributed by atoms with Crippen molar-refractivity contribution in [2.45, 2.75) is 77.5 Å². The molecule has 1 aromatic heterocycles. The quantitative estimate of drug-likeness (QED) is 0.429. The summed E-state index contributed by atoms with van der Waals surface area (Å²) < 4.78 is 11.0. The van der Waals surface area contributed by atoms with Gasteiger partial charge in [-0.25, -0.2) is 14.6 Å². The summed E-state index contributed by atoms with van der Waals surface area (Å²) in [7, 11) is 0. The number of hydrogen-bond donors (Lipinski definition) is 1. The monoisotopic (exact) mass is 540 g/mol. The average molecular weight is 541 g/mol. The van der Waals surface area contributed by atoms with Crippen LogP contribution in [0.2, 0.25) is 0 Å². The summed E-state index contributed by atoms with van der Waals surface area (Å²) in [6.45, 7) is 12.4. The van der Waals surface area contributed by atoms with Crippen molar-refractivity contribution in [1.82, 2.24) is 15.3 Å². The van der Waals surface area contributed by atoms with Gasteiger partial charge >= 0.3 is 12.2 Å². The van der Waals surface area contributed by atoms with Crippen LogP contribution < -0.4 is 15.1 Å². The summed E-state index contributed by atoms with van der Waals surface area (Å²) in [5, 5.41) is 14.4. The first-order valence-electron chi connectivity index (χ1n) is 13.1. The first-order valence-corrected chi connectivity index (χ1v) is 13.1. The summed E-state index contributed by atoms with van der Waals surface area (Å²) >= 11 is 0. The van der Waals surface area contributed by atoms with E-state index in [1.165, 1.54) is 17.0 Å². The van der Waals surface area contributed by atoms with Gasteiger partial charge in [0.1, 0.15) is 17.0 Å². The number of piperidine rings is 1. The normalized spacial score (nSPS) is 17.9. The highest BCUT2D eigenvalue weighted by atomic mass is 16.6. The number of benzene rings is 1. The first kappa shape index (κ1) is 28.1. The zero-order valence-electron chi connectivity index (χ0n) is 23.3. The maximum Gasteiger partial charge on any atom is 0.414 e. The van der Waals surface area contributed by atoms with Crippen LogP contribution in [-0.2, 0) is 9.47 Å². The third-order valence-corrected chi connectivity index (χ3v) is 6.40. The number of carbonyl (C=O) groups excluding carboxylic acids is 2. The predicted octanol–water partition coefficient (Wildman–Crippen LogP) is 4.77. The summed E-state index contributed by atoms with van der Waals surface area (Å²) in [6.07, 6.45) is 3.80. The maximum atomic E-state index is 13.0. The van der Waals surface area contributed by atoms with Crippen LogP contribution in [-0.4, -0.2) is 64.0 Å². The number of aromatic nitrogens is 2. The van der Waals surface area contributed by atoms with E-state index in [9.17, 15) is 19.7 Å². The van der Waals surface area contributed by atoms with Gasteiger partial charge in [0.15, 0.2) is 0 Å². The molecule has 2 amide bonds. The van der Waals surface area contributed by atoms with Crippen LogP contribution in [0.15, 0.2) is 30.6 Å². The summed E-state index contributed by atoms with van der Waals surface area (Å²) in [6, 6.07) is 4.46. The molecule has 0 bridgehead atoms. The second-order valence-corrected chi connectivity index (χ2v) is 11.9. The molecule has 210 valence electrons. The van der Waals surface area contributed by atoms with Gasteiger partial charge in [-0.3, -0.25) is 20.0 Å². The van der Waals surface area contributed by atoms with Crippen molar-refractivity contribution in [3.05, 3.63) is 52.0 Å². The van der Waals surface area contributed by atoms with E-state index >= 15 is 0 Å². The lowest BCUT2D eigenvalue weighted by Crippen LogP contribution is -2.46. The van der Waals surface area contributed by atoms with Crippen molar-refractivity contribution in [1.29, 1.82) is 0 Å². The van der Waals surface area contributed by atoms with Crippen molar-refractivity contribution in [3.8, 4) is 0 Å². The molecule has 1 aromatic carbocycles. The van der Waals surface area contributed by atoms with Crippen LogP contribution in [0.3, 0.4) is 0 Å². The number of carbonyl (C=O) groups is 2. The topological polar surface area (TPSA) is 140 Å². The molecule has 4 rings (SSSR count). The highest BCUT2D eigenvalue weighted by Gasteiger charge is 2.38. The molecule has 1 unspecified atom stereocenters. The standard InChI is InChI=1S/C27H36N6O6/c1-26(2,3)38-24(34)29-17-9-11-31(12-10-17)23-15-28-14-21(30-23)20-16-32(25(35)39-27(4,5)6)22-8-7-18(33(36)37)13-19(20)22/h7-8,13-15,17,20H,9-12,16H2,1-6H3,(H,29,34). The Hall–Kier alpha value is -3.96. The number of nitrogens with zero attached hydrogens (tertiary/aromatic N) is 5. The molecule has 0 spiro atoms. The van der Waals surface area contributed by atoms with Crippen molar-refractivity contribution in [2.24, 2.45) is 0 Å². The SMILES string of the molecule is CC(C)(C)OC(=O)NC1CCN(c2cncc(C3CN(C(=O)OC(C)(C)C)c4ccc([N+](=O)[O-])cc43)n2)CC1. The highest BCUT2D eigenvalue weighted by Crippen LogP contribution is 2.42. The summed E-state index contributed by atoms with van der Waals surface area (Å²) in [5.74, 6) is 0.261. The van der Waals surface area contributed by atoms with E-state index in [4.69, 9.17) is 14.5 Å². The lowest BCUT2D eigenvalue weighted by atomic mass is 9.97. The Balaban J connectivity index is 1.52. The number of ether oxygens (including phenoxy) is 2. The summed E-state index contributed by atoms with van der Waals surface area (Å²) in [4.78, 5) is 49.1. The largest absolute Gasteiger partial charge is 0.444 e. The van der Waals surface area contributed by atoms with E-state index in [1.54, 1.807) is 39.2 Å². The smallest absolute Gasteiger partial charge is 0.414 e. The lowest BCUT2D eigenvalue weighted by molar-refractivity contribution is -0.384. The number of nitro benzene ring substituents is 1. The Morgan fingerprint density at radius 3 is 2.33 bits per heavy atom. The van der Waals surface area contributed by atoms with Crippen molar-refractivity contribution < 1.29 is 24.0 Å². The van der Waals surface area contributed by atoms with E-state index in [-0.39, 0.29) is 18.3 Å². The maximum absolute atomic E-state index is 13.0. The molecule has 1 N–H and O–H groups in total. The minimum absolute atomic E-state index is 0.00288. The zero-order valence-corrected chi connectivity index (χ0v) is 23.3.